The zero-order valence-electron chi connectivity index (χ0n) is 17.0. The highest BCUT2D eigenvalue weighted by Gasteiger charge is 2.17. The summed E-state index contributed by atoms with van der Waals surface area (Å²) in [4.78, 5) is 0. The number of hydrogen-bond donors (Lipinski definition) is 0. The summed E-state index contributed by atoms with van der Waals surface area (Å²) >= 11 is 0. The van der Waals surface area contributed by atoms with Crippen LogP contribution in [0.3, 0.4) is 0 Å². The SMILES string of the molecule is CCC(C)C.CCC1CCCCC(CCC(C)(C)C)CCC1. The molecule has 22 heavy (non-hydrogen) atoms. The predicted octanol–water partition coefficient (Wildman–Crippen LogP) is 8.25. The first-order valence-corrected chi connectivity index (χ1v) is 10.3. The molecule has 134 valence electrons. The van der Waals surface area contributed by atoms with E-state index in [4.69, 9.17) is 0 Å². The van der Waals surface area contributed by atoms with Crippen molar-refractivity contribution >= 4 is 0 Å². The molecule has 1 saturated carbocycles. The van der Waals surface area contributed by atoms with Gasteiger partial charge in [0.2, 0.25) is 0 Å². The number of hydrogen-bond acceptors (Lipinski definition) is 0. The molecular formula is C22H46. The molecule has 2 atom stereocenters. The summed E-state index contributed by atoms with van der Waals surface area (Å²) < 4.78 is 0. The van der Waals surface area contributed by atoms with Crippen LogP contribution in [0, 0.1) is 23.2 Å². The quantitative estimate of drug-likeness (QED) is 0.490. The topological polar surface area (TPSA) is 0 Å². The molecule has 0 saturated heterocycles. The van der Waals surface area contributed by atoms with Crippen LogP contribution in [-0.4, -0.2) is 0 Å². The van der Waals surface area contributed by atoms with Crippen molar-refractivity contribution in [1.82, 2.24) is 0 Å². The zero-order valence-corrected chi connectivity index (χ0v) is 17.0. The molecule has 0 aromatic carbocycles. The largest absolute Gasteiger partial charge is 0.0651 e. The summed E-state index contributed by atoms with van der Waals surface area (Å²) in [6.07, 6.45) is 16.1. The molecule has 1 aliphatic rings. The van der Waals surface area contributed by atoms with Crippen LogP contribution in [0.2, 0.25) is 0 Å². The van der Waals surface area contributed by atoms with Crippen molar-refractivity contribution in [2.75, 3.05) is 0 Å². The van der Waals surface area contributed by atoms with Crippen molar-refractivity contribution in [3.8, 4) is 0 Å². The highest BCUT2D eigenvalue weighted by molar-refractivity contribution is 4.70. The molecule has 0 aromatic rings. The average Bonchev–Trinajstić information content (AvgIpc) is 2.56. The van der Waals surface area contributed by atoms with Gasteiger partial charge in [-0.2, -0.15) is 0 Å². The van der Waals surface area contributed by atoms with Gasteiger partial charge in [-0.25, -0.2) is 0 Å². The van der Waals surface area contributed by atoms with Crippen molar-refractivity contribution in [2.45, 2.75) is 119 Å². The first kappa shape index (κ1) is 22.0. The minimum Gasteiger partial charge on any atom is -0.0651 e. The summed E-state index contributed by atoms with van der Waals surface area (Å²) in [5.74, 6) is 2.95. The van der Waals surface area contributed by atoms with Gasteiger partial charge in [0, 0.05) is 0 Å². The van der Waals surface area contributed by atoms with Gasteiger partial charge < -0.3 is 0 Å². The maximum absolute atomic E-state index is 2.38. The van der Waals surface area contributed by atoms with Crippen LogP contribution in [0.1, 0.15) is 119 Å². The summed E-state index contributed by atoms with van der Waals surface area (Å²) in [7, 11) is 0. The molecule has 0 aromatic heterocycles. The molecule has 0 nitrogen and oxygen atoms in total. The molecule has 2 unspecified atom stereocenters. The van der Waals surface area contributed by atoms with Crippen molar-refractivity contribution in [1.29, 1.82) is 0 Å². The highest BCUT2D eigenvalue weighted by atomic mass is 14.2. The maximum Gasteiger partial charge on any atom is -0.0383 e. The summed E-state index contributed by atoms with van der Waals surface area (Å²) in [5.41, 5.74) is 0.532. The molecule has 0 spiro atoms. The van der Waals surface area contributed by atoms with Gasteiger partial charge in [0.05, 0.1) is 0 Å². The van der Waals surface area contributed by atoms with Gasteiger partial charge in [-0.15, -0.1) is 0 Å². The summed E-state index contributed by atoms with van der Waals surface area (Å²) in [6, 6.07) is 0. The van der Waals surface area contributed by atoms with E-state index in [1.165, 1.54) is 70.6 Å². The molecule has 0 bridgehead atoms. The van der Waals surface area contributed by atoms with Crippen LogP contribution >= 0.6 is 0 Å². The maximum atomic E-state index is 2.38. The highest BCUT2D eigenvalue weighted by Crippen LogP contribution is 2.32. The van der Waals surface area contributed by atoms with Gasteiger partial charge in [-0.1, -0.05) is 106 Å². The van der Waals surface area contributed by atoms with Crippen LogP contribution in [0.5, 0.6) is 0 Å². The molecule has 1 fully saturated rings. The first-order chi connectivity index (χ1) is 10.3. The fourth-order valence-corrected chi connectivity index (χ4v) is 3.18. The predicted molar refractivity (Wildman–Crippen MR) is 103 cm³/mol. The van der Waals surface area contributed by atoms with Gasteiger partial charge in [0.25, 0.3) is 0 Å². The lowest BCUT2D eigenvalue weighted by Crippen LogP contribution is -2.09. The van der Waals surface area contributed by atoms with Crippen molar-refractivity contribution < 1.29 is 0 Å². The normalized spacial score (nSPS) is 24.0. The van der Waals surface area contributed by atoms with Gasteiger partial charge in [0.1, 0.15) is 0 Å². The third-order valence-corrected chi connectivity index (χ3v) is 5.40. The van der Waals surface area contributed by atoms with Gasteiger partial charge >= 0.3 is 0 Å². The molecule has 0 N–H and O–H groups in total. The Balaban J connectivity index is 0.000000763. The Morgan fingerprint density at radius 2 is 1.27 bits per heavy atom. The van der Waals surface area contributed by atoms with E-state index in [2.05, 4.69) is 48.5 Å². The lowest BCUT2D eigenvalue weighted by molar-refractivity contribution is 0.297. The molecular weight excluding hydrogens is 264 g/mol. The van der Waals surface area contributed by atoms with Crippen LogP contribution in [0.15, 0.2) is 0 Å². The van der Waals surface area contributed by atoms with Crippen LogP contribution in [-0.2, 0) is 0 Å². The third kappa shape index (κ3) is 13.6. The molecule has 1 rings (SSSR count). The third-order valence-electron chi connectivity index (χ3n) is 5.40. The zero-order chi connectivity index (χ0) is 17.0. The summed E-state index contributed by atoms with van der Waals surface area (Å²) in [6.45, 7) is 16.2. The smallest absolute Gasteiger partial charge is 0.0383 e. The van der Waals surface area contributed by atoms with Crippen molar-refractivity contribution in [3.63, 3.8) is 0 Å². The second-order valence-corrected chi connectivity index (χ2v) is 9.26. The van der Waals surface area contributed by atoms with E-state index in [0.29, 0.717) is 5.41 Å². The Morgan fingerprint density at radius 1 is 0.818 bits per heavy atom. The van der Waals surface area contributed by atoms with Crippen molar-refractivity contribution in [3.05, 3.63) is 0 Å². The lowest BCUT2D eigenvalue weighted by atomic mass is 9.83. The molecule has 0 amide bonds. The second kappa shape index (κ2) is 12.4. The average molecular weight is 311 g/mol. The molecule has 0 heterocycles. The second-order valence-electron chi connectivity index (χ2n) is 9.26. The van der Waals surface area contributed by atoms with Gasteiger partial charge in [-0.3, -0.25) is 0 Å². The van der Waals surface area contributed by atoms with Crippen LogP contribution in [0.25, 0.3) is 0 Å². The molecule has 1 aliphatic carbocycles. The van der Waals surface area contributed by atoms with E-state index in [1.807, 2.05) is 0 Å². The Labute approximate surface area is 142 Å². The fourth-order valence-electron chi connectivity index (χ4n) is 3.18. The molecule has 0 aliphatic heterocycles. The van der Waals surface area contributed by atoms with Gasteiger partial charge in [0.15, 0.2) is 0 Å². The number of rotatable bonds is 4. The first-order valence-electron chi connectivity index (χ1n) is 10.3. The Hall–Kier alpha value is 0. The van der Waals surface area contributed by atoms with Crippen LogP contribution < -0.4 is 0 Å². The van der Waals surface area contributed by atoms with E-state index in [-0.39, 0.29) is 0 Å². The van der Waals surface area contributed by atoms with E-state index in [9.17, 15) is 0 Å². The monoisotopic (exact) mass is 310 g/mol. The molecule has 0 radical (unpaired) electrons. The standard InChI is InChI=1S/C17H34.C5H12/c1-5-15-9-6-7-10-16(12-8-11-15)13-14-17(2,3)4;1-4-5(2)3/h15-16H,5-14H2,1-4H3;5H,4H2,1-3H3. The van der Waals surface area contributed by atoms with Crippen LogP contribution in [0.4, 0.5) is 0 Å². The van der Waals surface area contributed by atoms with Crippen molar-refractivity contribution in [2.24, 2.45) is 23.2 Å². The minimum atomic E-state index is 0.532. The van der Waals surface area contributed by atoms with Gasteiger partial charge in [-0.05, 0) is 36.0 Å². The van der Waals surface area contributed by atoms with E-state index < -0.39 is 0 Å². The molecule has 0 heteroatoms. The Morgan fingerprint density at radius 3 is 1.73 bits per heavy atom. The summed E-state index contributed by atoms with van der Waals surface area (Å²) in [5, 5.41) is 0. The van der Waals surface area contributed by atoms with E-state index in [0.717, 1.165) is 17.8 Å². The van der Waals surface area contributed by atoms with E-state index in [1.54, 1.807) is 0 Å². The Kier molecular flexibility index (Phi) is 12.4. The Bertz CT molecular complexity index is 233. The van der Waals surface area contributed by atoms with E-state index >= 15 is 0 Å². The lowest BCUT2D eigenvalue weighted by Gasteiger charge is -2.23. The minimum absolute atomic E-state index is 0.532. The fraction of sp³-hybridized carbons (Fsp3) is 1.00.